The molecular formula is C34H52O. The van der Waals surface area contributed by atoms with Crippen LogP contribution in [0.15, 0.2) is 91.0 Å². The first-order valence-corrected chi connectivity index (χ1v) is 12.7. The van der Waals surface area contributed by atoms with Crippen LogP contribution in [0.2, 0.25) is 0 Å². The summed E-state index contributed by atoms with van der Waals surface area (Å²) in [5.41, 5.74) is 3.77. The smallest absolute Gasteiger partial charge is 0.127 e. The highest BCUT2D eigenvalue weighted by atomic mass is 16.5. The molecule has 35 heavy (non-hydrogen) atoms. The van der Waals surface area contributed by atoms with Gasteiger partial charge >= 0.3 is 0 Å². The fraction of sp³-hybridized carbons (Fsp3) is 0.353. The molecule has 0 unspecified atom stereocenters. The van der Waals surface area contributed by atoms with Crippen molar-refractivity contribution in [1.29, 1.82) is 0 Å². The minimum atomic E-state index is 0.877. The van der Waals surface area contributed by atoms with Crippen molar-refractivity contribution in [3.05, 3.63) is 108 Å². The van der Waals surface area contributed by atoms with E-state index in [1.54, 1.807) is 0 Å². The molecular weight excluding hydrogens is 424 g/mol. The van der Waals surface area contributed by atoms with E-state index in [1.807, 2.05) is 114 Å². The van der Waals surface area contributed by atoms with Crippen LogP contribution >= 0.6 is 0 Å². The predicted molar refractivity (Wildman–Crippen MR) is 163 cm³/mol. The monoisotopic (exact) mass is 476 g/mol. The molecule has 1 nitrogen and oxygen atoms in total. The van der Waals surface area contributed by atoms with Crippen LogP contribution in [-0.4, -0.2) is 0 Å². The van der Waals surface area contributed by atoms with Gasteiger partial charge in [-0.2, -0.15) is 0 Å². The van der Waals surface area contributed by atoms with Crippen molar-refractivity contribution < 1.29 is 4.74 Å². The molecule has 0 atom stereocenters. The van der Waals surface area contributed by atoms with Crippen molar-refractivity contribution in [3.8, 4) is 24.3 Å². The van der Waals surface area contributed by atoms with E-state index in [0.29, 0.717) is 0 Å². The Hall–Kier alpha value is -3.24. The average molecular weight is 477 g/mol. The summed E-state index contributed by atoms with van der Waals surface area (Å²) in [4.78, 5) is 0. The van der Waals surface area contributed by atoms with Crippen LogP contribution in [0.1, 0.15) is 78.5 Å². The summed E-state index contributed by atoms with van der Waals surface area (Å²) >= 11 is 0. The van der Waals surface area contributed by atoms with Crippen molar-refractivity contribution in [1.82, 2.24) is 0 Å². The molecule has 0 aliphatic rings. The van der Waals surface area contributed by atoms with Crippen LogP contribution in [0.3, 0.4) is 0 Å². The van der Waals surface area contributed by atoms with Crippen LogP contribution in [0, 0.1) is 33.6 Å². The molecule has 0 spiro atoms. The zero-order valence-corrected chi connectivity index (χ0v) is 24.4. The van der Waals surface area contributed by atoms with Gasteiger partial charge in [-0.15, -0.1) is 12.8 Å². The third kappa shape index (κ3) is 28.7. The summed E-state index contributed by atoms with van der Waals surface area (Å²) in [5.74, 6) is 1.78. The second kappa shape index (κ2) is 32.9. The highest BCUT2D eigenvalue weighted by Gasteiger charge is 1.98. The number of benzene rings is 3. The van der Waals surface area contributed by atoms with Gasteiger partial charge < -0.3 is 4.74 Å². The molecule has 3 aromatic rings. The summed E-state index contributed by atoms with van der Waals surface area (Å²) in [7, 11) is 0. The summed E-state index contributed by atoms with van der Waals surface area (Å²) < 4.78 is 5.74. The lowest BCUT2D eigenvalue weighted by Crippen LogP contribution is -1.85. The minimum Gasteiger partial charge on any atom is -0.457 e. The first-order chi connectivity index (χ1) is 17.0. The summed E-state index contributed by atoms with van der Waals surface area (Å²) in [6.45, 7) is 22.5. The van der Waals surface area contributed by atoms with E-state index in [2.05, 4.69) is 65.7 Å². The van der Waals surface area contributed by atoms with Gasteiger partial charge in [0.2, 0.25) is 0 Å². The van der Waals surface area contributed by atoms with E-state index in [9.17, 15) is 0 Å². The molecule has 0 aliphatic heterocycles. The van der Waals surface area contributed by atoms with E-state index in [1.165, 1.54) is 23.1 Å². The lowest BCUT2D eigenvalue weighted by molar-refractivity contribution is 0.482. The second-order valence-corrected chi connectivity index (χ2v) is 6.77. The fourth-order valence-corrected chi connectivity index (χ4v) is 2.15. The maximum atomic E-state index is 5.74. The largest absolute Gasteiger partial charge is 0.457 e. The Kier molecular flexibility index (Phi) is 36.7. The number of rotatable bonds is 2. The lowest BCUT2D eigenvalue weighted by atomic mass is 10.1. The first kappa shape index (κ1) is 39.0. The second-order valence-electron chi connectivity index (χ2n) is 6.77. The Bertz CT molecular complexity index is 791. The third-order valence-corrected chi connectivity index (χ3v) is 3.45. The third-order valence-electron chi connectivity index (χ3n) is 3.45. The molecule has 0 aromatic heterocycles. The molecule has 0 saturated carbocycles. The van der Waals surface area contributed by atoms with E-state index < -0.39 is 0 Å². The van der Waals surface area contributed by atoms with Crippen LogP contribution in [0.5, 0.6) is 11.5 Å². The molecule has 0 N–H and O–H groups in total. The van der Waals surface area contributed by atoms with Crippen molar-refractivity contribution >= 4 is 0 Å². The van der Waals surface area contributed by atoms with E-state index in [0.717, 1.165) is 11.5 Å². The van der Waals surface area contributed by atoms with Crippen molar-refractivity contribution in [3.63, 3.8) is 0 Å². The fourth-order valence-electron chi connectivity index (χ4n) is 2.15. The van der Waals surface area contributed by atoms with Gasteiger partial charge in [0, 0.05) is 0 Å². The molecule has 3 aromatic carbocycles. The van der Waals surface area contributed by atoms with Gasteiger partial charge in [-0.05, 0) is 70.0 Å². The van der Waals surface area contributed by atoms with Gasteiger partial charge in [-0.1, -0.05) is 120 Å². The van der Waals surface area contributed by atoms with Gasteiger partial charge in [0.05, 0.1) is 0 Å². The van der Waals surface area contributed by atoms with Crippen LogP contribution in [-0.2, 0) is 0 Å². The Balaban J connectivity index is -0.000000202. The standard InChI is InChI=1S/C14H14O.C7H8.C4H8.C3H8.2C2H6.C2H2/c1-11-8-12(2)10-14(9-11)15-13-6-4-3-5-7-13;1-7-5-3-2-4-6-7;1-3-4-2;1-3-2;3*1-2/h3-10H,1-2H3;2-6H,1H3;3-4H,1-2H3;3H2,1-2H3;2*1-2H3;1-2H/b;;4-3-;;;;. The van der Waals surface area contributed by atoms with E-state index >= 15 is 0 Å². The number of terminal acetylenes is 1. The zero-order chi connectivity index (χ0) is 27.9. The van der Waals surface area contributed by atoms with Crippen LogP contribution in [0.4, 0.5) is 0 Å². The highest BCUT2D eigenvalue weighted by molar-refractivity contribution is 5.36. The highest BCUT2D eigenvalue weighted by Crippen LogP contribution is 2.23. The summed E-state index contributed by atoms with van der Waals surface area (Å²) in [5, 5.41) is 0. The van der Waals surface area contributed by atoms with Gasteiger partial charge in [0.1, 0.15) is 11.5 Å². The first-order valence-electron chi connectivity index (χ1n) is 12.7. The Morgan fingerprint density at radius 3 is 1.20 bits per heavy atom. The molecule has 0 saturated heterocycles. The van der Waals surface area contributed by atoms with Gasteiger partial charge in [-0.25, -0.2) is 0 Å². The Morgan fingerprint density at radius 1 is 0.571 bits per heavy atom. The molecule has 0 radical (unpaired) electrons. The zero-order valence-electron chi connectivity index (χ0n) is 24.4. The number of hydrogen-bond acceptors (Lipinski definition) is 1. The SMILES string of the molecule is C#C.C/C=C\C.CC.CC.CCC.Cc1cc(C)cc(Oc2ccccc2)c1.Cc1ccccc1. The number of hydrogen-bond donors (Lipinski definition) is 0. The number of ether oxygens (including phenoxy) is 1. The van der Waals surface area contributed by atoms with Crippen LogP contribution < -0.4 is 4.74 Å². The molecule has 0 bridgehead atoms. The molecule has 1 heteroatoms. The Morgan fingerprint density at radius 2 is 0.914 bits per heavy atom. The predicted octanol–water partition coefficient (Wildman–Crippen LogP) is 11.4. The molecule has 3 rings (SSSR count). The number of allylic oxidation sites excluding steroid dienone is 2. The molecule has 0 aliphatic carbocycles. The Labute approximate surface area is 219 Å². The lowest BCUT2D eigenvalue weighted by Gasteiger charge is -2.07. The molecule has 194 valence electrons. The molecule has 0 heterocycles. The quantitative estimate of drug-likeness (QED) is 0.264. The van der Waals surface area contributed by atoms with Gasteiger partial charge in [0.15, 0.2) is 0 Å². The minimum absolute atomic E-state index is 0.877. The van der Waals surface area contributed by atoms with Crippen molar-refractivity contribution in [2.45, 2.75) is 82.6 Å². The van der Waals surface area contributed by atoms with Crippen molar-refractivity contribution in [2.75, 3.05) is 0 Å². The van der Waals surface area contributed by atoms with Crippen molar-refractivity contribution in [2.24, 2.45) is 0 Å². The maximum Gasteiger partial charge on any atom is 0.127 e. The van der Waals surface area contributed by atoms with E-state index in [4.69, 9.17) is 4.74 Å². The normalized spacial score (nSPS) is 8.03. The molecule has 0 fully saturated rings. The van der Waals surface area contributed by atoms with E-state index in [-0.39, 0.29) is 0 Å². The average Bonchev–Trinajstić information content (AvgIpc) is 2.89. The van der Waals surface area contributed by atoms with Gasteiger partial charge in [-0.3, -0.25) is 0 Å². The number of aryl methyl sites for hydroxylation is 3. The van der Waals surface area contributed by atoms with Crippen LogP contribution in [0.25, 0.3) is 0 Å². The summed E-state index contributed by atoms with van der Waals surface area (Å²) in [6.07, 6.45) is 13.2. The summed E-state index contributed by atoms with van der Waals surface area (Å²) in [6, 6.07) is 26.3. The maximum absolute atomic E-state index is 5.74. The molecule has 0 amide bonds. The number of para-hydroxylation sites is 1. The van der Waals surface area contributed by atoms with Gasteiger partial charge in [0.25, 0.3) is 0 Å². The topological polar surface area (TPSA) is 9.23 Å².